The number of hydrogen-bond donors (Lipinski definition) is 1. The number of nitrogens with zero attached hydrogens (tertiary/aromatic N) is 4. The first-order chi connectivity index (χ1) is 15.4. The van der Waals surface area contributed by atoms with E-state index in [0.29, 0.717) is 17.1 Å². The van der Waals surface area contributed by atoms with E-state index in [1.54, 1.807) is 18.6 Å². The topological polar surface area (TPSA) is 71.0 Å². The fourth-order valence-electron chi connectivity index (χ4n) is 3.33. The summed E-state index contributed by atoms with van der Waals surface area (Å²) in [6.45, 7) is 0. The first-order valence-electron chi connectivity index (χ1n) is 9.70. The van der Waals surface area contributed by atoms with Gasteiger partial charge in [-0.05, 0) is 66.4 Å². The summed E-state index contributed by atoms with van der Waals surface area (Å²) in [5, 5.41) is 3.11. The first-order valence-corrected chi connectivity index (χ1v) is 11.0. The molecular weight excluding hydrogens is 456 g/mol. The van der Waals surface area contributed by atoms with Crippen LogP contribution in [0.3, 0.4) is 0 Å². The number of aryl methyl sites for hydroxylation is 1. The average molecular weight is 474 g/mol. The maximum absolute atomic E-state index is 13.6. The molecule has 0 aliphatic heterocycles. The number of carbonyl (C=O) groups is 1. The van der Waals surface area contributed by atoms with E-state index < -0.39 is 17.7 Å². The van der Waals surface area contributed by atoms with Gasteiger partial charge in [-0.15, -0.1) is 11.3 Å². The highest BCUT2D eigenvalue weighted by molar-refractivity contribution is 7.16. The summed E-state index contributed by atoms with van der Waals surface area (Å²) in [5.74, 6) is -1.19. The van der Waals surface area contributed by atoms with Crippen LogP contribution in [0.2, 0.25) is 5.28 Å². The molecule has 0 aliphatic carbocycles. The van der Waals surface area contributed by atoms with Crippen molar-refractivity contribution in [3.05, 3.63) is 76.7 Å². The Labute approximate surface area is 191 Å². The molecule has 1 atom stereocenters. The Morgan fingerprint density at radius 3 is 2.69 bits per heavy atom. The highest BCUT2D eigenvalue weighted by Gasteiger charge is 2.24. The van der Waals surface area contributed by atoms with Crippen LogP contribution in [-0.2, 0) is 11.2 Å². The lowest BCUT2D eigenvalue weighted by Gasteiger charge is -2.25. The van der Waals surface area contributed by atoms with Crippen molar-refractivity contribution in [3.63, 3.8) is 0 Å². The predicted molar refractivity (Wildman–Crippen MR) is 122 cm³/mol. The normalized spacial score (nSPS) is 12.0. The van der Waals surface area contributed by atoms with E-state index in [1.165, 1.54) is 34.6 Å². The Hall–Kier alpha value is -3.17. The molecule has 1 N–H and O–H groups in total. The average Bonchev–Trinajstić information content (AvgIpc) is 3.23. The third-order valence-corrected chi connectivity index (χ3v) is 5.91. The molecule has 0 aliphatic rings. The van der Waals surface area contributed by atoms with Gasteiger partial charge in [0.15, 0.2) is 0 Å². The molecular formula is C22H18ClF2N5OS. The van der Waals surface area contributed by atoms with Gasteiger partial charge in [-0.2, -0.15) is 0 Å². The third-order valence-electron chi connectivity index (χ3n) is 4.92. The van der Waals surface area contributed by atoms with Crippen molar-refractivity contribution in [2.45, 2.75) is 18.9 Å². The van der Waals surface area contributed by atoms with Gasteiger partial charge >= 0.3 is 0 Å². The van der Waals surface area contributed by atoms with Crippen molar-refractivity contribution < 1.29 is 13.6 Å². The smallest absolute Gasteiger partial charge is 0.249 e. The highest BCUT2D eigenvalue weighted by atomic mass is 35.5. The second-order valence-electron chi connectivity index (χ2n) is 7.13. The number of halogens is 3. The van der Waals surface area contributed by atoms with Gasteiger partial charge in [-0.1, -0.05) is 0 Å². The van der Waals surface area contributed by atoms with Crippen LogP contribution in [0.15, 0.2) is 54.2 Å². The second-order valence-corrected chi connectivity index (χ2v) is 8.35. The summed E-state index contributed by atoms with van der Waals surface area (Å²) in [4.78, 5) is 27.1. The molecule has 2 heterocycles. The minimum Gasteiger partial charge on any atom is -0.358 e. The van der Waals surface area contributed by atoms with E-state index in [2.05, 4.69) is 20.3 Å². The number of anilines is 2. The minimum atomic E-state index is -0.733. The molecule has 0 saturated heterocycles. The summed E-state index contributed by atoms with van der Waals surface area (Å²) in [6.07, 6.45) is 2.02. The Balaban J connectivity index is 1.58. The molecule has 0 fully saturated rings. The monoisotopic (exact) mass is 473 g/mol. The number of rotatable bonds is 7. The van der Waals surface area contributed by atoms with E-state index in [1.807, 2.05) is 18.2 Å². The van der Waals surface area contributed by atoms with Gasteiger partial charge in [0.05, 0.1) is 15.7 Å². The van der Waals surface area contributed by atoms with E-state index in [-0.39, 0.29) is 24.0 Å². The van der Waals surface area contributed by atoms with Crippen LogP contribution < -0.4 is 10.2 Å². The summed E-state index contributed by atoms with van der Waals surface area (Å²) in [7, 11) is 1.67. The number of likely N-dealkylation sites (N-methyl/N-ethyl adjacent to an activating group) is 1. The van der Waals surface area contributed by atoms with Crippen LogP contribution >= 0.6 is 22.9 Å². The van der Waals surface area contributed by atoms with Gasteiger partial charge in [0.2, 0.25) is 11.2 Å². The van der Waals surface area contributed by atoms with Gasteiger partial charge in [-0.3, -0.25) is 4.79 Å². The fraction of sp³-hybridized carbons (Fsp3) is 0.182. The summed E-state index contributed by atoms with van der Waals surface area (Å²) in [5.41, 5.74) is 3.68. The van der Waals surface area contributed by atoms with Gasteiger partial charge in [0, 0.05) is 25.0 Å². The third kappa shape index (κ3) is 5.17. The molecule has 0 bridgehead atoms. The van der Waals surface area contributed by atoms with Crippen LogP contribution in [0.4, 0.5) is 20.3 Å². The van der Waals surface area contributed by atoms with Crippen LogP contribution in [0.1, 0.15) is 12.0 Å². The van der Waals surface area contributed by atoms with Crippen LogP contribution in [0.25, 0.3) is 10.2 Å². The number of fused-ring (bicyclic) bond motifs is 1. The predicted octanol–water partition coefficient (Wildman–Crippen LogP) is 5.09. The van der Waals surface area contributed by atoms with E-state index >= 15 is 0 Å². The van der Waals surface area contributed by atoms with Gasteiger partial charge < -0.3 is 10.2 Å². The van der Waals surface area contributed by atoms with Crippen molar-refractivity contribution in [3.8, 4) is 0 Å². The molecule has 164 valence electrons. The molecule has 4 rings (SSSR count). The lowest BCUT2D eigenvalue weighted by Crippen LogP contribution is -2.41. The molecule has 1 amide bonds. The number of nitrogens with one attached hydrogen (secondary N) is 1. The molecule has 0 radical (unpaired) electrons. The largest absolute Gasteiger partial charge is 0.358 e. The van der Waals surface area contributed by atoms with Crippen molar-refractivity contribution in [1.82, 2.24) is 15.0 Å². The lowest BCUT2D eigenvalue weighted by atomic mass is 10.0. The molecule has 32 heavy (non-hydrogen) atoms. The molecule has 6 nitrogen and oxygen atoms in total. The molecule has 2 aromatic carbocycles. The van der Waals surface area contributed by atoms with Crippen molar-refractivity contribution in [2.24, 2.45) is 0 Å². The van der Waals surface area contributed by atoms with Gasteiger partial charge in [0.25, 0.3) is 0 Å². The van der Waals surface area contributed by atoms with Crippen LogP contribution in [0, 0.1) is 11.6 Å². The van der Waals surface area contributed by atoms with E-state index in [4.69, 9.17) is 11.6 Å². The molecule has 4 aromatic rings. The van der Waals surface area contributed by atoms with Crippen molar-refractivity contribution in [2.75, 3.05) is 17.3 Å². The standard InChI is InChI=1S/C22H18ClF2N5OS/c1-30(16-3-5-19-18(11-16)27-12-32-19)21(31)17(28-20-6-7-26-22(23)29-20)4-2-13-8-14(24)10-15(25)9-13/h3,5-12,17H,2,4H2,1H3,(H,26,28,29)/t17-/m0/s1. The maximum Gasteiger partial charge on any atom is 0.249 e. The zero-order valence-electron chi connectivity index (χ0n) is 16.9. The quantitative estimate of drug-likeness (QED) is 0.378. The zero-order chi connectivity index (χ0) is 22.7. The second kappa shape index (κ2) is 9.54. The van der Waals surface area contributed by atoms with Gasteiger partial charge in [0.1, 0.15) is 23.5 Å². The Morgan fingerprint density at radius 1 is 1.16 bits per heavy atom. The maximum atomic E-state index is 13.6. The Kier molecular flexibility index (Phi) is 6.57. The van der Waals surface area contributed by atoms with Crippen LogP contribution in [-0.4, -0.2) is 33.9 Å². The summed E-state index contributed by atoms with van der Waals surface area (Å²) >= 11 is 7.39. The molecule has 2 aromatic heterocycles. The number of benzene rings is 2. The fourth-order valence-corrected chi connectivity index (χ4v) is 4.14. The number of carbonyl (C=O) groups excluding carboxylic acids is 1. The Morgan fingerprint density at radius 2 is 1.94 bits per heavy atom. The van der Waals surface area contributed by atoms with Crippen molar-refractivity contribution >= 4 is 50.6 Å². The molecule has 0 saturated carbocycles. The minimum absolute atomic E-state index is 0.0377. The van der Waals surface area contributed by atoms with Gasteiger partial charge in [-0.25, -0.2) is 23.7 Å². The lowest BCUT2D eigenvalue weighted by molar-refractivity contribution is -0.119. The zero-order valence-corrected chi connectivity index (χ0v) is 18.5. The van der Waals surface area contributed by atoms with E-state index in [0.717, 1.165) is 16.3 Å². The van der Waals surface area contributed by atoms with Crippen molar-refractivity contribution in [1.29, 1.82) is 0 Å². The Bertz CT molecular complexity index is 1250. The number of thiazole rings is 1. The van der Waals surface area contributed by atoms with Crippen LogP contribution in [0.5, 0.6) is 0 Å². The number of hydrogen-bond acceptors (Lipinski definition) is 6. The molecule has 0 spiro atoms. The van der Waals surface area contributed by atoms with E-state index in [9.17, 15) is 13.6 Å². The number of aromatic nitrogens is 3. The molecule has 0 unspecified atom stereocenters. The summed E-state index contributed by atoms with van der Waals surface area (Å²) < 4.78 is 28.2. The SMILES string of the molecule is CN(C(=O)[C@H](CCc1cc(F)cc(F)c1)Nc1ccnc(Cl)n1)c1ccc2scnc2c1. The summed E-state index contributed by atoms with van der Waals surface area (Å²) in [6, 6.07) is 9.78. The first kappa shape index (κ1) is 22.0. The highest BCUT2D eigenvalue weighted by Crippen LogP contribution is 2.25. The number of amides is 1. The molecule has 10 heteroatoms.